The number of hydrogen-bond acceptors (Lipinski definition) is 6. The van der Waals surface area contributed by atoms with Crippen LogP contribution in [0.3, 0.4) is 0 Å². The second-order valence-electron chi connectivity index (χ2n) is 6.84. The molecule has 1 aromatic heterocycles. The smallest absolute Gasteiger partial charge is 0.413 e. The van der Waals surface area contributed by atoms with E-state index in [9.17, 15) is 9.18 Å². The van der Waals surface area contributed by atoms with Gasteiger partial charge in [-0.1, -0.05) is 18.2 Å². The number of amidine groups is 1. The first kappa shape index (κ1) is 19.4. The number of benzene rings is 2. The molecule has 9 heteroatoms. The number of nitrogens with zero attached hydrogens (tertiary/aromatic N) is 4. The van der Waals surface area contributed by atoms with E-state index in [2.05, 4.69) is 35.5 Å². The highest BCUT2D eigenvalue weighted by Crippen LogP contribution is 2.36. The molecule has 1 aliphatic heterocycles. The van der Waals surface area contributed by atoms with Gasteiger partial charge in [0.05, 0.1) is 18.0 Å². The van der Waals surface area contributed by atoms with Crippen LogP contribution in [0.2, 0.25) is 0 Å². The van der Waals surface area contributed by atoms with Crippen molar-refractivity contribution in [2.45, 2.75) is 20.3 Å². The van der Waals surface area contributed by atoms with Crippen molar-refractivity contribution in [2.75, 3.05) is 12.4 Å². The number of amides is 1. The number of halogens is 1. The van der Waals surface area contributed by atoms with Gasteiger partial charge in [0.1, 0.15) is 11.7 Å². The van der Waals surface area contributed by atoms with Crippen LogP contribution in [0.15, 0.2) is 46.5 Å². The first-order valence-corrected chi connectivity index (χ1v) is 9.23. The minimum atomic E-state index is -0.684. The Labute approximate surface area is 171 Å². The van der Waals surface area contributed by atoms with Crippen LogP contribution >= 0.6 is 0 Å². The molecule has 0 atom stereocenters. The number of anilines is 1. The normalized spacial score (nSPS) is 14.5. The van der Waals surface area contributed by atoms with Crippen molar-refractivity contribution in [3.05, 3.63) is 47.8 Å². The molecule has 0 spiro atoms. The fraction of sp³-hybridized carbons (Fsp3) is 0.190. The molecule has 4 rings (SSSR count). The molecule has 1 amide bonds. The third kappa shape index (κ3) is 3.82. The van der Waals surface area contributed by atoms with Crippen molar-refractivity contribution in [2.24, 2.45) is 10.1 Å². The van der Waals surface area contributed by atoms with E-state index in [1.54, 1.807) is 12.1 Å². The first-order chi connectivity index (χ1) is 14.4. The summed E-state index contributed by atoms with van der Waals surface area (Å²) in [5, 5.41) is 7.31. The second kappa shape index (κ2) is 7.86. The molecule has 0 radical (unpaired) electrons. The molecular weight excluding hydrogens is 387 g/mol. The Bertz CT molecular complexity index is 1220. The van der Waals surface area contributed by atoms with Crippen LogP contribution < -0.4 is 10.7 Å². The zero-order chi connectivity index (χ0) is 21.3. The van der Waals surface area contributed by atoms with Gasteiger partial charge in [-0.3, -0.25) is 10.7 Å². The Hall–Kier alpha value is -3.88. The summed E-state index contributed by atoms with van der Waals surface area (Å²) in [4.78, 5) is 25.2. The number of aryl methyl sites for hydroxylation is 1. The number of nitrogens with one attached hydrogen (secondary N) is 2. The number of fused-ring (bicyclic) bond motifs is 1. The van der Waals surface area contributed by atoms with Crippen LogP contribution in [-0.4, -0.2) is 34.7 Å². The average molecular weight is 406 g/mol. The first-order valence-electron chi connectivity index (χ1n) is 9.23. The molecule has 2 heterocycles. The molecule has 0 unspecified atom stereocenters. The van der Waals surface area contributed by atoms with Gasteiger partial charge in [0.25, 0.3) is 0 Å². The quantitative estimate of drug-likeness (QED) is 0.675. The number of aromatic nitrogens is 2. The number of methoxy groups -OCH3 is 1. The molecule has 3 aromatic rings. The molecule has 152 valence electrons. The van der Waals surface area contributed by atoms with E-state index < -0.39 is 6.09 Å². The van der Waals surface area contributed by atoms with Gasteiger partial charge < -0.3 is 4.74 Å². The van der Waals surface area contributed by atoms with Gasteiger partial charge in [-0.05, 0) is 48.7 Å². The summed E-state index contributed by atoms with van der Waals surface area (Å²) < 4.78 is 18.3. The number of carbonyl (C=O) groups excluding carboxylic acids is 1. The number of hydrogen-bond donors (Lipinski definition) is 2. The summed E-state index contributed by atoms with van der Waals surface area (Å²) in [6.07, 6.45) is -0.125. The van der Waals surface area contributed by atoms with Crippen molar-refractivity contribution < 1.29 is 13.9 Å². The summed E-state index contributed by atoms with van der Waals surface area (Å²) >= 11 is 0. The molecule has 0 saturated carbocycles. The Morgan fingerprint density at radius 1 is 1.20 bits per heavy atom. The van der Waals surface area contributed by atoms with Crippen LogP contribution in [0.1, 0.15) is 18.9 Å². The van der Waals surface area contributed by atoms with Gasteiger partial charge in [-0.2, -0.15) is 10.1 Å². The number of hydrazone groups is 1. The van der Waals surface area contributed by atoms with Crippen LogP contribution in [-0.2, 0) is 4.74 Å². The fourth-order valence-corrected chi connectivity index (χ4v) is 3.27. The van der Waals surface area contributed by atoms with E-state index in [1.165, 1.54) is 19.2 Å². The lowest BCUT2D eigenvalue weighted by molar-refractivity contribution is 0.186. The van der Waals surface area contributed by atoms with Gasteiger partial charge in [-0.15, -0.1) is 0 Å². The Morgan fingerprint density at radius 2 is 2.03 bits per heavy atom. The fourth-order valence-electron chi connectivity index (χ4n) is 3.27. The summed E-state index contributed by atoms with van der Waals surface area (Å²) in [6.45, 7) is 3.73. The van der Waals surface area contributed by atoms with Crippen molar-refractivity contribution in [3.8, 4) is 11.1 Å². The molecule has 0 aliphatic carbocycles. The minimum Gasteiger partial charge on any atom is -0.453 e. The maximum Gasteiger partial charge on any atom is 0.413 e. The lowest BCUT2D eigenvalue weighted by atomic mass is 9.97. The largest absolute Gasteiger partial charge is 0.453 e. The number of rotatable bonds is 3. The number of carbonyl (C=O) groups is 1. The number of aliphatic imine (C=N–C) groups is 1. The molecule has 30 heavy (non-hydrogen) atoms. The van der Waals surface area contributed by atoms with Crippen molar-refractivity contribution >= 4 is 40.3 Å². The maximum absolute atomic E-state index is 13.7. The third-order valence-corrected chi connectivity index (χ3v) is 4.62. The van der Waals surface area contributed by atoms with Gasteiger partial charge in [-0.25, -0.2) is 19.2 Å². The van der Waals surface area contributed by atoms with Gasteiger partial charge in [0.15, 0.2) is 5.82 Å². The molecule has 8 nitrogen and oxygen atoms in total. The van der Waals surface area contributed by atoms with E-state index >= 15 is 0 Å². The van der Waals surface area contributed by atoms with E-state index in [1.807, 2.05) is 26.0 Å². The van der Waals surface area contributed by atoms with Crippen LogP contribution in [0.4, 0.5) is 21.0 Å². The van der Waals surface area contributed by atoms with Gasteiger partial charge in [0.2, 0.25) is 5.95 Å². The highest BCUT2D eigenvalue weighted by atomic mass is 19.1. The van der Waals surface area contributed by atoms with Crippen LogP contribution in [0.25, 0.3) is 22.0 Å². The SMILES string of the molecule is COC(=O)Nc1nc(N=C2CC(C)=NN2)c2c(-c3ccc(F)cc3C)cccc2n1. The summed E-state index contributed by atoms with van der Waals surface area (Å²) in [5.41, 5.74) is 6.78. The topological polar surface area (TPSA) is 101 Å². The van der Waals surface area contributed by atoms with Crippen LogP contribution in [0.5, 0.6) is 0 Å². The second-order valence-corrected chi connectivity index (χ2v) is 6.84. The molecule has 0 fully saturated rings. The van der Waals surface area contributed by atoms with E-state index in [-0.39, 0.29) is 11.8 Å². The van der Waals surface area contributed by atoms with E-state index in [0.717, 1.165) is 22.4 Å². The Kier molecular flexibility index (Phi) is 5.09. The van der Waals surface area contributed by atoms with E-state index in [4.69, 9.17) is 0 Å². The molecule has 0 saturated heterocycles. The summed E-state index contributed by atoms with van der Waals surface area (Å²) in [5.74, 6) is 0.748. The number of ether oxygens (including phenoxy) is 1. The lowest BCUT2D eigenvalue weighted by Crippen LogP contribution is -2.14. The van der Waals surface area contributed by atoms with Crippen molar-refractivity contribution in [1.29, 1.82) is 0 Å². The standard InChI is InChI=1S/C21H19FN6O2/c1-11-9-13(22)7-8-14(11)15-5-4-6-16-18(15)19(24-17-10-12(2)27-28-17)25-20(23-16)26-21(29)30-3/h4-9H,10H2,1-3H3,(H2,23,24,25,26,28,29). The average Bonchev–Trinajstić information content (AvgIpc) is 3.12. The highest BCUT2D eigenvalue weighted by molar-refractivity contribution is 6.09. The Morgan fingerprint density at radius 3 is 2.73 bits per heavy atom. The molecule has 2 N–H and O–H groups in total. The zero-order valence-electron chi connectivity index (χ0n) is 16.7. The van der Waals surface area contributed by atoms with Gasteiger partial charge >= 0.3 is 6.09 Å². The zero-order valence-corrected chi connectivity index (χ0v) is 16.7. The minimum absolute atomic E-state index is 0.0670. The molecule has 2 aromatic carbocycles. The predicted octanol–water partition coefficient (Wildman–Crippen LogP) is 4.32. The molecule has 0 bridgehead atoms. The van der Waals surface area contributed by atoms with Gasteiger partial charge in [0, 0.05) is 12.1 Å². The third-order valence-electron chi connectivity index (χ3n) is 4.62. The monoisotopic (exact) mass is 406 g/mol. The maximum atomic E-state index is 13.7. The predicted molar refractivity (Wildman–Crippen MR) is 114 cm³/mol. The van der Waals surface area contributed by atoms with Crippen molar-refractivity contribution in [3.63, 3.8) is 0 Å². The Balaban J connectivity index is 1.95. The summed E-state index contributed by atoms with van der Waals surface area (Å²) in [7, 11) is 1.26. The van der Waals surface area contributed by atoms with Crippen molar-refractivity contribution in [1.82, 2.24) is 15.4 Å². The van der Waals surface area contributed by atoms with E-state index in [0.29, 0.717) is 29.0 Å². The van der Waals surface area contributed by atoms with Crippen LogP contribution in [0, 0.1) is 12.7 Å². The molecule has 1 aliphatic rings. The summed E-state index contributed by atoms with van der Waals surface area (Å²) in [6, 6.07) is 10.2. The highest BCUT2D eigenvalue weighted by Gasteiger charge is 2.17. The molecular formula is C21H19FN6O2. The lowest BCUT2D eigenvalue weighted by Gasteiger charge is -2.13.